The predicted octanol–water partition coefficient (Wildman–Crippen LogP) is 4.30. The third-order valence-electron chi connectivity index (χ3n) is 7.36. The Bertz CT molecular complexity index is 1330. The molecule has 0 atom stereocenters. The largest absolute Gasteiger partial charge is 0.383 e. The van der Waals surface area contributed by atoms with Crippen LogP contribution in [0.2, 0.25) is 0 Å². The van der Waals surface area contributed by atoms with E-state index in [1.807, 2.05) is 26.2 Å². The number of aromatic amines is 1. The van der Waals surface area contributed by atoms with Crippen LogP contribution >= 0.6 is 0 Å². The summed E-state index contributed by atoms with van der Waals surface area (Å²) in [6.45, 7) is 6.12. The van der Waals surface area contributed by atoms with Crippen molar-refractivity contribution in [3.05, 3.63) is 29.5 Å². The molecule has 35 heavy (non-hydrogen) atoms. The van der Waals surface area contributed by atoms with Crippen LogP contribution in [0.25, 0.3) is 33.8 Å². The van der Waals surface area contributed by atoms with Gasteiger partial charge < -0.3 is 15.6 Å². The van der Waals surface area contributed by atoms with Gasteiger partial charge in [-0.2, -0.15) is 5.10 Å². The molecule has 4 aromatic heterocycles. The zero-order valence-electron chi connectivity index (χ0n) is 20.2. The molecule has 5 heterocycles. The number of hydrogen-bond acceptors (Lipinski definition) is 9. The van der Waals surface area contributed by atoms with Crippen LogP contribution in [-0.4, -0.2) is 48.4 Å². The first-order valence-corrected chi connectivity index (χ1v) is 12.6. The number of H-pyrrole nitrogens is 1. The highest BCUT2D eigenvalue weighted by Gasteiger charge is 2.32. The number of nitrogens with one attached hydrogen (secondary N) is 2. The molecule has 0 bridgehead atoms. The van der Waals surface area contributed by atoms with Gasteiger partial charge in [-0.05, 0) is 50.3 Å². The normalized spacial score (nSPS) is 17.7. The van der Waals surface area contributed by atoms with Crippen LogP contribution < -0.4 is 11.1 Å². The van der Waals surface area contributed by atoms with Gasteiger partial charge in [0, 0.05) is 24.2 Å². The van der Waals surface area contributed by atoms with Crippen molar-refractivity contribution < 1.29 is 4.52 Å². The van der Waals surface area contributed by atoms with Crippen LogP contribution in [0.1, 0.15) is 87.3 Å². The van der Waals surface area contributed by atoms with Gasteiger partial charge in [0.2, 0.25) is 0 Å². The molecule has 4 N–H and O–H groups in total. The van der Waals surface area contributed by atoms with Crippen molar-refractivity contribution in [2.45, 2.75) is 70.1 Å². The van der Waals surface area contributed by atoms with Gasteiger partial charge in [0.25, 0.3) is 0 Å². The second kappa shape index (κ2) is 8.99. The standard InChI is InChI=1S/C25H31N9O/c1-13(2)23-30-22(26)18-19(32-33-25(18)31-23)20-17(21(35-34-20)15-5-3-4-6-15)24-28-11-16(12-29-24)14-7-9-27-10-8-14/h11-15,27H,3-10H2,1-2H3,(H3,26,30,31,32,33). The molecule has 0 aromatic carbocycles. The minimum atomic E-state index is 0.144. The highest BCUT2D eigenvalue weighted by molar-refractivity contribution is 6.00. The van der Waals surface area contributed by atoms with Gasteiger partial charge in [0.15, 0.2) is 17.2 Å². The number of aromatic nitrogens is 7. The minimum Gasteiger partial charge on any atom is -0.383 e. The van der Waals surface area contributed by atoms with E-state index in [0.717, 1.165) is 50.1 Å². The molecule has 1 saturated heterocycles. The maximum atomic E-state index is 6.39. The first-order chi connectivity index (χ1) is 17.1. The fourth-order valence-electron chi connectivity index (χ4n) is 5.39. The van der Waals surface area contributed by atoms with E-state index in [1.54, 1.807) is 0 Å². The third kappa shape index (κ3) is 3.95. The van der Waals surface area contributed by atoms with Crippen LogP contribution in [-0.2, 0) is 0 Å². The summed E-state index contributed by atoms with van der Waals surface area (Å²) in [7, 11) is 0. The van der Waals surface area contributed by atoms with E-state index in [4.69, 9.17) is 20.2 Å². The quantitative estimate of drug-likeness (QED) is 0.386. The summed E-state index contributed by atoms with van der Waals surface area (Å²) in [4.78, 5) is 18.7. The smallest absolute Gasteiger partial charge is 0.187 e. The van der Waals surface area contributed by atoms with E-state index in [2.05, 4.69) is 30.6 Å². The van der Waals surface area contributed by atoms with Crippen molar-refractivity contribution in [1.82, 2.24) is 40.6 Å². The van der Waals surface area contributed by atoms with Gasteiger partial charge in [-0.15, -0.1) is 0 Å². The van der Waals surface area contributed by atoms with Gasteiger partial charge in [-0.25, -0.2) is 19.9 Å². The van der Waals surface area contributed by atoms with E-state index in [9.17, 15) is 0 Å². The molecule has 10 nitrogen and oxygen atoms in total. The molecule has 10 heteroatoms. The second-order valence-corrected chi connectivity index (χ2v) is 10.0. The van der Waals surface area contributed by atoms with Crippen molar-refractivity contribution in [3.63, 3.8) is 0 Å². The second-order valence-electron chi connectivity index (χ2n) is 10.0. The summed E-state index contributed by atoms with van der Waals surface area (Å²) in [6, 6.07) is 0. The zero-order chi connectivity index (χ0) is 23.9. The van der Waals surface area contributed by atoms with Crippen LogP contribution in [0.3, 0.4) is 0 Å². The number of nitrogens with two attached hydrogens (primary N) is 1. The highest BCUT2D eigenvalue weighted by Crippen LogP contribution is 2.44. The monoisotopic (exact) mass is 473 g/mol. The molecule has 6 rings (SSSR count). The molecule has 4 aromatic rings. The molecule has 1 saturated carbocycles. The first-order valence-electron chi connectivity index (χ1n) is 12.6. The molecule has 1 aliphatic carbocycles. The Hall–Kier alpha value is -3.40. The molecular weight excluding hydrogens is 442 g/mol. The van der Waals surface area contributed by atoms with Crippen LogP contribution in [0.4, 0.5) is 5.82 Å². The van der Waals surface area contributed by atoms with Gasteiger partial charge in [-0.3, -0.25) is 5.10 Å². The average Bonchev–Trinajstić information content (AvgIpc) is 3.63. The Labute approximate surface area is 203 Å². The number of nitrogen functional groups attached to an aromatic ring is 1. The van der Waals surface area contributed by atoms with E-state index in [1.165, 1.54) is 18.4 Å². The molecule has 2 fully saturated rings. The van der Waals surface area contributed by atoms with Crippen molar-refractivity contribution in [2.75, 3.05) is 18.8 Å². The van der Waals surface area contributed by atoms with Crippen molar-refractivity contribution in [2.24, 2.45) is 0 Å². The maximum absolute atomic E-state index is 6.39. The summed E-state index contributed by atoms with van der Waals surface area (Å²) in [5, 5.41) is 16.1. The number of nitrogens with zero attached hydrogens (tertiary/aromatic N) is 6. The van der Waals surface area contributed by atoms with Crippen LogP contribution in [0, 0.1) is 0 Å². The molecule has 2 aliphatic rings. The summed E-state index contributed by atoms with van der Waals surface area (Å²) in [5.41, 5.74) is 10.2. The van der Waals surface area contributed by atoms with Crippen molar-refractivity contribution >= 4 is 16.9 Å². The van der Waals surface area contributed by atoms with Crippen molar-refractivity contribution in [3.8, 4) is 22.8 Å². The van der Waals surface area contributed by atoms with E-state index in [-0.39, 0.29) is 5.92 Å². The third-order valence-corrected chi connectivity index (χ3v) is 7.36. The van der Waals surface area contributed by atoms with Crippen LogP contribution in [0.5, 0.6) is 0 Å². The lowest BCUT2D eigenvalue weighted by atomic mass is 9.92. The summed E-state index contributed by atoms with van der Waals surface area (Å²) >= 11 is 0. The molecule has 0 radical (unpaired) electrons. The Kier molecular flexibility index (Phi) is 5.68. The SMILES string of the molecule is CC(C)c1nc(N)c2c(-c3noc(C4CCCC4)c3-c3ncc(C4CCNCC4)cn3)[nH]nc2n1. The fraction of sp³-hybridized carbons (Fsp3) is 0.520. The first kappa shape index (κ1) is 22.1. The Morgan fingerprint density at radius 1 is 1.00 bits per heavy atom. The molecule has 0 spiro atoms. The van der Waals surface area contributed by atoms with E-state index >= 15 is 0 Å². The highest BCUT2D eigenvalue weighted by atomic mass is 16.5. The Morgan fingerprint density at radius 2 is 1.74 bits per heavy atom. The fourth-order valence-corrected chi connectivity index (χ4v) is 5.39. The maximum Gasteiger partial charge on any atom is 0.187 e. The number of anilines is 1. The van der Waals surface area contributed by atoms with Crippen molar-refractivity contribution in [1.29, 1.82) is 0 Å². The summed E-state index contributed by atoms with van der Waals surface area (Å²) in [6.07, 6.45) is 10.6. The van der Waals surface area contributed by atoms with Gasteiger partial charge in [0.05, 0.1) is 10.9 Å². The number of piperidine rings is 1. The van der Waals surface area contributed by atoms with Gasteiger partial charge >= 0.3 is 0 Å². The Balaban J connectivity index is 1.46. The number of hydrogen-bond donors (Lipinski definition) is 3. The Morgan fingerprint density at radius 3 is 2.46 bits per heavy atom. The van der Waals surface area contributed by atoms with E-state index in [0.29, 0.717) is 51.7 Å². The minimum absolute atomic E-state index is 0.144. The molecular formula is C25H31N9O. The summed E-state index contributed by atoms with van der Waals surface area (Å²) in [5.74, 6) is 3.43. The van der Waals surface area contributed by atoms with Crippen LogP contribution in [0.15, 0.2) is 16.9 Å². The van der Waals surface area contributed by atoms with Gasteiger partial charge in [-0.1, -0.05) is 31.8 Å². The number of rotatable bonds is 5. The number of fused-ring (bicyclic) bond motifs is 1. The lowest BCUT2D eigenvalue weighted by Crippen LogP contribution is -2.26. The average molecular weight is 474 g/mol. The zero-order valence-corrected chi connectivity index (χ0v) is 20.2. The topological polar surface area (TPSA) is 144 Å². The molecule has 0 amide bonds. The van der Waals surface area contributed by atoms with Gasteiger partial charge in [0.1, 0.15) is 23.0 Å². The lowest BCUT2D eigenvalue weighted by Gasteiger charge is -2.22. The van der Waals surface area contributed by atoms with E-state index < -0.39 is 0 Å². The molecule has 0 unspecified atom stereocenters. The predicted molar refractivity (Wildman–Crippen MR) is 133 cm³/mol. The lowest BCUT2D eigenvalue weighted by molar-refractivity contribution is 0.363. The summed E-state index contributed by atoms with van der Waals surface area (Å²) < 4.78 is 5.99. The molecule has 1 aliphatic heterocycles. The molecule has 182 valence electrons.